The lowest BCUT2D eigenvalue weighted by Crippen LogP contribution is -2.12. The van der Waals surface area contributed by atoms with Crippen LogP contribution in [0.2, 0.25) is 0 Å². The van der Waals surface area contributed by atoms with E-state index in [0.717, 1.165) is 23.4 Å². The van der Waals surface area contributed by atoms with Crippen molar-refractivity contribution in [1.82, 2.24) is 0 Å². The molecule has 0 saturated heterocycles. The lowest BCUT2D eigenvalue weighted by molar-refractivity contribution is 0.103. The van der Waals surface area contributed by atoms with Crippen LogP contribution in [0.3, 0.4) is 0 Å². The molecule has 3 rings (SSSR count). The summed E-state index contributed by atoms with van der Waals surface area (Å²) in [5.41, 5.74) is 4.46. The molecule has 0 spiro atoms. The van der Waals surface area contributed by atoms with Gasteiger partial charge in [-0.2, -0.15) is 0 Å². The van der Waals surface area contributed by atoms with Crippen LogP contribution in [0.25, 0.3) is 10.1 Å². The predicted molar refractivity (Wildman–Crippen MR) is 99.7 cm³/mol. The molecule has 2 nitrogen and oxygen atoms in total. The third kappa shape index (κ3) is 3.15. The zero-order chi connectivity index (χ0) is 16.4. The standard InChI is InChI=1S/C20H21NOS/c1-4-7-17-16-8-5-6-9-18(16)23-19(17)20(22)21-15-11-10-13(2)14(3)12-15/h5-6,8-12H,4,7H2,1-3H3,(H,21,22). The quantitative estimate of drug-likeness (QED) is 0.653. The van der Waals surface area contributed by atoms with Gasteiger partial charge in [0.1, 0.15) is 0 Å². The topological polar surface area (TPSA) is 29.1 Å². The number of aryl methyl sites for hydroxylation is 3. The molecule has 0 unspecified atom stereocenters. The van der Waals surface area contributed by atoms with Gasteiger partial charge in [0, 0.05) is 10.4 Å². The Bertz CT molecular complexity index is 863. The van der Waals surface area contributed by atoms with Crippen LogP contribution < -0.4 is 5.32 Å². The maximum atomic E-state index is 12.8. The summed E-state index contributed by atoms with van der Waals surface area (Å²) in [5, 5.41) is 4.27. The summed E-state index contributed by atoms with van der Waals surface area (Å²) in [4.78, 5) is 13.6. The molecule has 0 atom stereocenters. The van der Waals surface area contributed by atoms with Crippen molar-refractivity contribution in [2.45, 2.75) is 33.6 Å². The van der Waals surface area contributed by atoms with Crippen molar-refractivity contribution in [3.05, 3.63) is 64.0 Å². The minimum Gasteiger partial charge on any atom is -0.321 e. The first-order valence-corrected chi connectivity index (χ1v) is 8.80. The van der Waals surface area contributed by atoms with Crippen molar-refractivity contribution in [3.8, 4) is 0 Å². The Morgan fingerprint density at radius 1 is 1.09 bits per heavy atom. The first kappa shape index (κ1) is 15.8. The zero-order valence-corrected chi connectivity index (χ0v) is 14.6. The number of hydrogen-bond donors (Lipinski definition) is 1. The second-order valence-electron chi connectivity index (χ2n) is 5.91. The van der Waals surface area contributed by atoms with Crippen LogP contribution >= 0.6 is 11.3 Å². The number of thiophene rings is 1. The minimum atomic E-state index is -0.00194. The summed E-state index contributed by atoms with van der Waals surface area (Å²) < 4.78 is 1.18. The van der Waals surface area contributed by atoms with Gasteiger partial charge in [0.15, 0.2) is 0 Å². The van der Waals surface area contributed by atoms with E-state index in [0.29, 0.717) is 0 Å². The van der Waals surface area contributed by atoms with Gasteiger partial charge in [0.2, 0.25) is 0 Å². The van der Waals surface area contributed by atoms with Gasteiger partial charge in [-0.1, -0.05) is 37.6 Å². The zero-order valence-electron chi connectivity index (χ0n) is 13.8. The second kappa shape index (κ2) is 6.55. The lowest BCUT2D eigenvalue weighted by Gasteiger charge is -2.08. The number of benzene rings is 2. The van der Waals surface area contributed by atoms with E-state index in [2.05, 4.69) is 38.2 Å². The molecule has 23 heavy (non-hydrogen) atoms. The van der Waals surface area contributed by atoms with Gasteiger partial charge in [-0.05, 0) is 60.5 Å². The van der Waals surface area contributed by atoms with E-state index in [4.69, 9.17) is 0 Å². The Morgan fingerprint density at radius 2 is 1.87 bits per heavy atom. The summed E-state index contributed by atoms with van der Waals surface area (Å²) in [7, 11) is 0. The van der Waals surface area contributed by atoms with Crippen molar-refractivity contribution < 1.29 is 4.79 Å². The van der Waals surface area contributed by atoms with E-state index >= 15 is 0 Å². The summed E-state index contributed by atoms with van der Waals surface area (Å²) >= 11 is 1.59. The molecule has 0 bridgehead atoms. The van der Waals surface area contributed by atoms with E-state index in [1.54, 1.807) is 11.3 Å². The highest BCUT2D eigenvalue weighted by Gasteiger charge is 2.17. The van der Waals surface area contributed by atoms with Crippen LogP contribution in [0.4, 0.5) is 5.69 Å². The Morgan fingerprint density at radius 3 is 2.61 bits per heavy atom. The first-order valence-electron chi connectivity index (χ1n) is 7.99. The van der Waals surface area contributed by atoms with Crippen molar-refractivity contribution in [3.63, 3.8) is 0 Å². The lowest BCUT2D eigenvalue weighted by atomic mass is 10.1. The van der Waals surface area contributed by atoms with Crippen molar-refractivity contribution in [2.75, 3.05) is 5.32 Å². The monoisotopic (exact) mass is 323 g/mol. The van der Waals surface area contributed by atoms with E-state index in [1.165, 1.54) is 26.8 Å². The molecule has 1 N–H and O–H groups in total. The average Bonchev–Trinajstić information content (AvgIpc) is 2.90. The van der Waals surface area contributed by atoms with Crippen LogP contribution in [0.5, 0.6) is 0 Å². The number of rotatable bonds is 4. The van der Waals surface area contributed by atoms with Gasteiger partial charge < -0.3 is 5.32 Å². The molecule has 0 radical (unpaired) electrons. The van der Waals surface area contributed by atoms with E-state index in [-0.39, 0.29) is 5.91 Å². The maximum absolute atomic E-state index is 12.8. The average molecular weight is 323 g/mol. The molecule has 1 amide bonds. The minimum absolute atomic E-state index is 0.00194. The molecule has 0 fully saturated rings. The van der Waals surface area contributed by atoms with Crippen LogP contribution in [-0.2, 0) is 6.42 Å². The number of amides is 1. The van der Waals surface area contributed by atoms with Crippen LogP contribution in [0, 0.1) is 13.8 Å². The number of anilines is 1. The van der Waals surface area contributed by atoms with Crippen LogP contribution in [-0.4, -0.2) is 5.91 Å². The van der Waals surface area contributed by atoms with Crippen molar-refractivity contribution in [1.29, 1.82) is 0 Å². The number of fused-ring (bicyclic) bond motifs is 1. The largest absolute Gasteiger partial charge is 0.321 e. The van der Waals surface area contributed by atoms with Gasteiger partial charge in [-0.3, -0.25) is 4.79 Å². The molecule has 1 heterocycles. The number of carbonyl (C=O) groups is 1. The fourth-order valence-corrected chi connectivity index (χ4v) is 3.93. The third-order valence-corrected chi connectivity index (χ3v) is 5.38. The first-order chi connectivity index (χ1) is 11.1. The molecule has 118 valence electrons. The molecule has 0 saturated carbocycles. The smallest absolute Gasteiger partial charge is 0.266 e. The number of carbonyl (C=O) groups excluding carboxylic acids is 1. The SMILES string of the molecule is CCCc1c(C(=O)Nc2ccc(C)c(C)c2)sc2ccccc12. The summed E-state index contributed by atoms with van der Waals surface area (Å²) in [6, 6.07) is 14.3. The Balaban J connectivity index is 1.96. The molecule has 0 aliphatic carbocycles. The molecule has 1 aromatic heterocycles. The molecule has 3 aromatic rings. The highest BCUT2D eigenvalue weighted by Crippen LogP contribution is 2.32. The van der Waals surface area contributed by atoms with Gasteiger partial charge in [-0.25, -0.2) is 0 Å². The summed E-state index contributed by atoms with van der Waals surface area (Å²) in [6.45, 7) is 6.29. The molecule has 3 heteroatoms. The van der Waals surface area contributed by atoms with Crippen LogP contribution in [0.1, 0.15) is 39.7 Å². The number of nitrogens with one attached hydrogen (secondary N) is 1. The Labute approximate surface area is 141 Å². The fourth-order valence-electron chi connectivity index (χ4n) is 2.79. The number of hydrogen-bond acceptors (Lipinski definition) is 2. The molecule has 2 aromatic carbocycles. The van der Waals surface area contributed by atoms with Gasteiger partial charge in [0.25, 0.3) is 5.91 Å². The molecule has 0 aliphatic heterocycles. The van der Waals surface area contributed by atoms with Gasteiger partial charge >= 0.3 is 0 Å². The molecular weight excluding hydrogens is 302 g/mol. The van der Waals surface area contributed by atoms with Crippen molar-refractivity contribution >= 4 is 33.0 Å². The van der Waals surface area contributed by atoms with E-state index in [1.807, 2.05) is 30.3 Å². The molecular formula is C20H21NOS. The van der Waals surface area contributed by atoms with Gasteiger partial charge in [-0.15, -0.1) is 11.3 Å². The van der Waals surface area contributed by atoms with E-state index in [9.17, 15) is 4.79 Å². The maximum Gasteiger partial charge on any atom is 0.266 e. The summed E-state index contributed by atoms with van der Waals surface area (Å²) in [5.74, 6) is -0.00194. The highest BCUT2D eigenvalue weighted by atomic mass is 32.1. The van der Waals surface area contributed by atoms with Crippen LogP contribution in [0.15, 0.2) is 42.5 Å². The Kier molecular flexibility index (Phi) is 4.49. The predicted octanol–water partition coefficient (Wildman–Crippen LogP) is 5.72. The van der Waals surface area contributed by atoms with Gasteiger partial charge in [0.05, 0.1) is 4.88 Å². The summed E-state index contributed by atoms with van der Waals surface area (Å²) in [6.07, 6.45) is 1.96. The normalized spacial score (nSPS) is 10.9. The fraction of sp³-hybridized carbons (Fsp3) is 0.250. The molecule has 0 aliphatic rings. The Hall–Kier alpha value is -2.13. The van der Waals surface area contributed by atoms with Crippen molar-refractivity contribution in [2.24, 2.45) is 0 Å². The highest BCUT2D eigenvalue weighted by molar-refractivity contribution is 7.21. The third-order valence-electron chi connectivity index (χ3n) is 4.17. The van der Waals surface area contributed by atoms with E-state index < -0.39 is 0 Å². The second-order valence-corrected chi connectivity index (χ2v) is 6.96.